The van der Waals surface area contributed by atoms with Crippen LogP contribution in [-0.4, -0.2) is 22.1 Å². The summed E-state index contributed by atoms with van der Waals surface area (Å²) < 4.78 is 33.5. The summed E-state index contributed by atoms with van der Waals surface area (Å²) in [6.45, 7) is 0.414. The number of hydrogen-bond donors (Lipinski definition) is 1. The molecule has 0 saturated heterocycles. The van der Waals surface area contributed by atoms with Gasteiger partial charge in [0.15, 0.2) is 0 Å². The topological polar surface area (TPSA) is 55.4 Å². The highest BCUT2D eigenvalue weighted by atomic mass is 32.2. The molecule has 5 heteroatoms. The van der Waals surface area contributed by atoms with Gasteiger partial charge in [0.1, 0.15) is 10.6 Å². The molecule has 134 valence electrons. The highest BCUT2D eigenvalue weighted by molar-refractivity contribution is 7.89. The van der Waals surface area contributed by atoms with Crippen LogP contribution >= 0.6 is 0 Å². The van der Waals surface area contributed by atoms with E-state index in [2.05, 4.69) is 16.9 Å². The number of fused-ring (bicyclic) bond motifs is 1. The second-order valence-corrected chi connectivity index (χ2v) is 8.20. The number of rotatable bonds is 7. The monoisotopic (exact) mass is 359 g/mol. The standard InChI is InChI=1S/C20H25NO3S/c1-24-19-14-17-11-5-6-12-18(17)15-20(19)25(22,23)21-13-7-10-16-8-3-2-4-9-16/h2-4,8-9,14-15,21H,5-7,10-13H2,1H3. The molecule has 0 fully saturated rings. The molecule has 2 aromatic rings. The van der Waals surface area contributed by atoms with Crippen molar-refractivity contribution in [3.8, 4) is 5.75 Å². The molecule has 0 radical (unpaired) electrons. The molecule has 25 heavy (non-hydrogen) atoms. The predicted molar refractivity (Wildman–Crippen MR) is 99.6 cm³/mol. The van der Waals surface area contributed by atoms with Gasteiger partial charge in [0.05, 0.1) is 7.11 Å². The maximum atomic E-state index is 12.7. The van der Waals surface area contributed by atoms with Gasteiger partial charge in [-0.3, -0.25) is 0 Å². The van der Waals surface area contributed by atoms with E-state index >= 15 is 0 Å². The van der Waals surface area contributed by atoms with Crippen LogP contribution in [0.4, 0.5) is 0 Å². The van der Waals surface area contributed by atoms with Gasteiger partial charge in [-0.05, 0) is 67.3 Å². The summed E-state index contributed by atoms with van der Waals surface area (Å²) >= 11 is 0. The Morgan fingerprint density at radius 2 is 1.72 bits per heavy atom. The summed E-state index contributed by atoms with van der Waals surface area (Å²) in [5.41, 5.74) is 3.57. The first-order valence-electron chi connectivity index (χ1n) is 8.83. The van der Waals surface area contributed by atoms with Crippen molar-refractivity contribution in [1.29, 1.82) is 0 Å². The lowest BCUT2D eigenvalue weighted by atomic mass is 9.92. The highest BCUT2D eigenvalue weighted by Gasteiger charge is 2.22. The molecule has 1 N–H and O–H groups in total. The first-order valence-corrected chi connectivity index (χ1v) is 10.3. The third-order valence-corrected chi connectivity index (χ3v) is 6.18. The van der Waals surface area contributed by atoms with E-state index < -0.39 is 10.0 Å². The Kier molecular flexibility index (Phi) is 5.76. The molecule has 3 rings (SSSR count). The fourth-order valence-corrected chi connectivity index (χ4v) is 4.60. The van der Waals surface area contributed by atoms with Gasteiger partial charge >= 0.3 is 0 Å². The summed E-state index contributed by atoms with van der Waals surface area (Å²) in [4.78, 5) is 0.260. The molecule has 0 heterocycles. The fourth-order valence-electron chi connectivity index (χ4n) is 3.33. The van der Waals surface area contributed by atoms with Crippen LogP contribution in [0.1, 0.15) is 36.0 Å². The van der Waals surface area contributed by atoms with Crippen LogP contribution in [0.5, 0.6) is 5.75 Å². The van der Waals surface area contributed by atoms with Gasteiger partial charge in [-0.25, -0.2) is 13.1 Å². The molecule has 0 aliphatic heterocycles. The van der Waals surface area contributed by atoms with E-state index in [0.29, 0.717) is 12.3 Å². The molecule has 0 aromatic heterocycles. The number of aryl methyl sites for hydroxylation is 3. The van der Waals surface area contributed by atoms with Crippen molar-refractivity contribution in [2.24, 2.45) is 0 Å². The molecule has 0 spiro atoms. The van der Waals surface area contributed by atoms with E-state index in [-0.39, 0.29) is 4.90 Å². The molecule has 0 bridgehead atoms. The summed E-state index contributed by atoms with van der Waals surface area (Å²) in [5.74, 6) is 0.441. The van der Waals surface area contributed by atoms with E-state index in [9.17, 15) is 8.42 Å². The average molecular weight is 359 g/mol. The third kappa shape index (κ3) is 4.41. The van der Waals surface area contributed by atoms with E-state index in [4.69, 9.17) is 4.74 Å². The molecule has 0 amide bonds. The van der Waals surface area contributed by atoms with Crippen LogP contribution in [-0.2, 0) is 29.3 Å². The lowest BCUT2D eigenvalue weighted by Gasteiger charge is -2.19. The molecule has 1 aliphatic rings. The van der Waals surface area contributed by atoms with E-state index in [1.165, 1.54) is 18.2 Å². The van der Waals surface area contributed by atoms with Gasteiger partial charge in [-0.15, -0.1) is 0 Å². The molecule has 2 aromatic carbocycles. The van der Waals surface area contributed by atoms with Crippen molar-refractivity contribution in [1.82, 2.24) is 4.72 Å². The van der Waals surface area contributed by atoms with Gasteiger partial charge in [0.2, 0.25) is 10.0 Å². The van der Waals surface area contributed by atoms with Crippen LogP contribution in [0.15, 0.2) is 47.4 Å². The predicted octanol–water partition coefficient (Wildman–Crippen LogP) is 3.49. The van der Waals surface area contributed by atoms with Crippen molar-refractivity contribution in [2.45, 2.75) is 43.4 Å². The minimum Gasteiger partial charge on any atom is -0.495 e. The van der Waals surface area contributed by atoms with E-state index in [1.807, 2.05) is 24.3 Å². The van der Waals surface area contributed by atoms with Crippen LogP contribution in [0.3, 0.4) is 0 Å². The van der Waals surface area contributed by atoms with Gasteiger partial charge in [0.25, 0.3) is 0 Å². The third-order valence-electron chi connectivity index (χ3n) is 4.69. The zero-order valence-electron chi connectivity index (χ0n) is 14.6. The Morgan fingerprint density at radius 1 is 1.04 bits per heavy atom. The molecule has 0 saturated carbocycles. The average Bonchev–Trinajstić information content (AvgIpc) is 2.65. The van der Waals surface area contributed by atoms with E-state index in [1.54, 1.807) is 6.07 Å². The Morgan fingerprint density at radius 3 is 2.40 bits per heavy atom. The second-order valence-electron chi connectivity index (χ2n) is 6.47. The zero-order valence-corrected chi connectivity index (χ0v) is 15.4. The second kappa shape index (κ2) is 8.02. The summed E-state index contributed by atoms with van der Waals surface area (Å²) in [7, 11) is -2.04. The molecular weight excluding hydrogens is 334 g/mol. The number of benzene rings is 2. The molecule has 0 unspecified atom stereocenters. The Bertz CT molecular complexity index is 816. The van der Waals surface area contributed by atoms with Crippen LogP contribution in [0.2, 0.25) is 0 Å². The number of sulfonamides is 1. The van der Waals surface area contributed by atoms with Crippen molar-refractivity contribution in [3.05, 3.63) is 59.2 Å². The lowest BCUT2D eigenvalue weighted by Crippen LogP contribution is -2.26. The Hall–Kier alpha value is -1.85. The summed E-state index contributed by atoms with van der Waals surface area (Å²) in [6.07, 6.45) is 5.82. The Labute approximate surface area is 150 Å². The maximum Gasteiger partial charge on any atom is 0.244 e. The quantitative estimate of drug-likeness (QED) is 0.770. The number of ether oxygens (including phenoxy) is 1. The van der Waals surface area contributed by atoms with Gasteiger partial charge in [-0.2, -0.15) is 0 Å². The van der Waals surface area contributed by atoms with Gasteiger partial charge < -0.3 is 4.74 Å². The van der Waals surface area contributed by atoms with Crippen LogP contribution in [0, 0.1) is 0 Å². The molecule has 4 nitrogen and oxygen atoms in total. The zero-order chi connectivity index (χ0) is 17.7. The smallest absolute Gasteiger partial charge is 0.244 e. The van der Waals surface area contributed by atoms with Crippen molar-refractivity contribution < 1.29 is 13.2 Å². The van der Waals surface area contributed by atoms with Crippen LogP contribution in [0.25, 0.3) is 0 Å². The first-order chi connectivity index (χ1) is 12.1. The minimum atomic E-state index is -3.57. The highest BCUT2D eigenvalue weighted by Crippen LogP contribution is 2.31. The molecule has 1 aliphatic carbocycles. The molecular formula is C20H25NO3S. The lowest BCUT2D eigenvalue weighted by molar-refractivity contribution is 0.401. The maximum absolute atomic E-state index is 12.7. The first kappa shape index (κ1) is 18.0. The molecule has 0 atom stereocenters. The van der Waals surface area contributed by atoms with Crippen LogP contribution < -0.4 is 9.46 Å². The number of nitrogens with one attached hydrogen (secondary N) is 1. The number of methoxy groups -OCH3 is 1. The SMILES string of the molecule is COc1cc2c(cc1S(=O)(=O)NCCCc1ccccc1)CCCC2. The van der Waals surface area contributed by atoms with Crippen molar-refractivity contribution >= 4 is 10.0 Å². The van der Waals surface area contributed by atoms with Gasteiger partial charge in [-0.1, -0.05) is 30.3 Å². The summed E-state index contributed by atoms with van der Waals surface area (Å²) in [6, 6.07) is 13.8. The van der Waals surface area contributed by atoms with Crippen molar-refractivity contribution in [2.75, 3.05) is 13.7 Å². The van der Waals surface area contributed by atoms with Crippen molar-refractivity contribution in [3.63, 3.8) is 0 Å². The van der Waals surface area contributed by atoms with E-state index in [0.717, 1.165) is 44.1 Å². The fraction of sp³-hybridized carbons (Fsp3) is 0.400. The normalized spacial score (nSPS) is 14.1. The summed E-state index contributed by atoms with van der Waals surface area (Å²) in [5, 5.41) is 0. The number of hydrogen-bond acceptors (Lipinski definition) is 3. The van der Waals surface area contributed by atoms with Gasteiger partial charge in [0, 0.05) is 6.54 Å². The minimum absolute atomic E-state index is 0.260. The largest absolute Gasteiger partial charge is 0.495 e. The Balaban J connectivity index is 1.69.